The van der Waals surface area contributed by atoms with Crippen LogP contribution in [0.25, 0.3) is 0 Å². The van der Waals surface area contributed by atoms with Gasteiger partial charge in [-0.1, -0.05) is 27.7 Å². The van der Waals surface area contributed by atoms with E-state index in [9.17, 15) is 4.79 Å². The number of aromatic nitrogens is 2. The van der Waals surface area contributed by atoms with Crippen molar-refractivity contribution in [1.82, 2.24) is 9.78 Å². The number of hydrogen-bond donors (Lipinski definition) is 0. The molecule has 0 unspecified atom stereocenters. The molecule has 0 aliphatic rings. The summed E-state index contributed by atoms with van der Waals surface area (Å²) in [4.78, 5) is 11.9. The molecule has 0 atom stereocenters. The molecule has 0 radical (unpaired) electrons. The Morgan fingerprint density at radius 2 is 2.00 bits per heavy atom. The van der Waals surface area contributed by atoms with Crippen LogP contribution in [0.2, 0.25) is 0 Å². The third-order valence-corrected chi connectivity index (χ3v) is 3.84. The molecule has 1 aromatic rings. The second-order valence-corrected chi connectivity index (χ2v) is 6.15. The monoisotopic (exact) mass is 300 g/mol. The van der Waals surface area contributed by atoms with Crippen molar-refractivity contribution in [3.05, 3.63) is 15.9 Å². The van der Waals surface area contributed by atoms with E-state index in [0.717, 1.165) is 28.7 Å². The fourth-order valence-corrected chi connectivity index (χ4v) is 2.51. The minimum absolute atomic E-state index is 0.251. The maximum Gasteiger partial charge on any atom is 0.138 e. The summed E-state index contributed by atoms with van der Waals surface area (Å²) in [5.41, 5.74) is 1.92. The Hall–Kier alpha value is -0.640. The van der Waals surface area contributed by atoms with Crippen LogP contribution in [0.4, 0.5) is 0 Å². The fraction of sp³-hybridized carbons (Fsp3) is 0.692. The Kier molecular flexibility index (Phi) is 4.53. The highest BCUT2D eigenvalue weighted by atomic mass is 79.9. The molecule has 0 saturated carbocycles. The first-order chi connectivity index (χ1) is 7.77. The summed E-state index contributed by atoms with van der Waals surface area (Å²) in [7, 11) is 1.93. The molecule has 0 N–H and O–H groups in total. The lowest BCUT2D eigenvalue weighted by Gasteiger charge is -2.16. The number of carbonyl (C=O) groups excluding carboxylic acids is 1. The summed E-state index contributed by atoms with van der Waals surface area (Å²) in [5.74, 6) is 0.295. The number of aryl methyl sites for hydroxylation is 2. The van der Waals surface area contributed by atoms with Crippen LogP contribution in [0, 0.1) is 5.41 Å². The van der Waals surface area contributed by atoms with Crippen molar-refractivity contribution in [2.45, 2.75) is 47.0 Å². The molecule has 1 heterocycles. The van der Waals surface area contributed by atoms with Crippen molar-refractivity contribution in [2.24, 2.45) is 12.5 Å². The molecule has 17 heavy (non-hydrogen) atoms. The number of carbonyl (C=O) groups is 1. The van der Waals surface area contributed by atoms with E-state index in [0.29, 0.717) is 12.2 Å². The van der Waals surface area contributed by atoms with Gasteiger partial charge in [-0.3, -0.25) is 9.48 Å². The molecule has 0 spiro atoms. The van der Waals surface area contributed by atoms with Gasteiger partial charge in [-0.25, -0.2) is 0 Å². The summed E-state index contributed by atoms with van der Waals surface area (Å²) >= 11 is 3.57. The zero-order valence-electron chi connectivity index (χ0n) is 11.3. The molecule has 1 aromatic heterocycles. The quantitative estimate of drug-likeness (QED) is 0.855. The zero-order chi connectivity index (χ0) is 13.2. The summed E-state index contributed by atoms with van der Waals surface area (Å²) < 4.78 is 2.93. The van der Waals surface area contributed by atoms with Crippen LogP contribution in [0.15, 0.2) is 4.47 Å². The molecule has 0 fully saturated rings. The van der Waals surface area contributed by atoms with Gasteiger partial charge in [0, 0.05) is 18.9 Å². The van der Waals surface area contributed by atoms with Gasteiger partial charge < -0.3 is 0 Å². The average Bonchev–Trinajstić information content (AvgIpc) is 2.49. The molecule has 0 aliphatic heterocycles. The molecule has 0 bridgehead atoms. The van der Waals surface area contributed by atoms with Crippen LogP contribution < -0.4 is 0 Å². The highest BCUT2D eigenvalue weighted by molar-refractivity contribution is 9.10. The van der Waals surface area contributed by atoms with E-state index in [-0.39, 0.29) is 5.41 Å². The molecule has 3 nitrogen and oxygen atoms in total. The largest absolute Gasteiger partial charge is 0.299 e. The normalized spacial score (nSPS) is 11.9. The number of halogens is 1. The highest BCUT2D eigenvalue weighted by Gasteiger charge is 2.22. The molecule has 0 amide bonds. The second kappa shape index (κ2) is 5.34. The van der Waals surface area contributed by atoms with Gasteiger partial charge in [0.15, 0.2) is 0 Å². The van der Waals surface area contributed by atoms with Gasteiger partial charge in [-0.2, -0.15) is 5.10 Å². The van der Waals surface area contributed by atoms with Crippen molar-refractivity contribution in [1.29, 1.82) is 0 Å². The Morgan fingerprint density at radius 3 is 2.41 bits per heavy atom. The highest BCUT2D eigenvalue weighted by Crippen LogP contribution is 2.24. The molecular formula is C13H21BrN2O. The third-order valence-electron chi connectivity index (χ3n) is 2.93. The van der Waals surface area contributed by atoms with Gasteiger partial charge in [0.1, 0.15) is 5.78 Å². The van der Waals surface area contributed by atoms with Crippen LogP contribution in [0.1, 0.15) is 45.5 Å². The standard InChI is InChI=1S/C13H21BrN2O/c1-6-9-12(14)10(16(5)15-9)7-8-11(17)13(2,3)4/h6-8H2,1-5H3. The van der Waals surface area contributed by atoms with E-state index >= 15 is 0 Å². The Balaban J connectivity index is 2.77. The predicted molar refractivity (Wildman–Crippen MR) is 73.1 cm³/mol. The second-order valence-electron chi connectivity index (χ2n) is 5.36. The predicted octanol–water partition coefficient (Wildman–Crippen LogP) is 3.29. The zero-order valence-corrected chi connectivity index (χ0v) is 12.9. The molecule has 96 valence electrons. The van der Waals surface area contributed by atoms with Crippen LogP contribution in [-0.2, 0) is 24.7 Å². The summed E-state index contributed by atoms with van der Waals surface area (Å²) in [6, 6.07) is 0. The van der Waals surface area contributed by atoms with Crippen LogP contribution in [0.3, 0.4) is 0 Å². The smallest absolute Gasteiger partial charge is 0.138 e. The van der Waals surface area contributed by atoms with Crippen LogP contribution in [0.5, 0.6) is 0 Å². The number of nitrogens with zero attached hydrogens (tertiary/aromatic N) is 2. The fourth-order valence-electron chi connectivity index (χ4n) is 1.70. The SMILES string of the molecule is CCc1nn(C)c(CCC(=O)C(C)(C)C)c1Br. The molecular weight excluding hydrogens is 280 g/mol. The summed E-state index contributed by atoms with van der Waals surface area (Å²) in [6.07, 6.45) is 2.23. The number of rotatable bonds is 4. The van der Waals surface area contributed by atoms with Crippen LogP contribution >= 0.6 is 15.9 Å². The third kappa shape index (κ3) is 3.41. The van der Waals surface area contributed by atoms with Gasteiger partial charge in [0.25, 0.3) is 0 Å². The van der Waals surface area contributed by atoms with Crippen molar-refractivity contribution in [3.8, 4) is 0 Å². The first kappa shape index (κ1) is 14.4. The van der Waals surface area contributed by atoms with E-state index in [4.69, 9.17) is 0 Å². The van der Waals surface area contributed by atoms with Crippen molar-refractivity contribution < 1.29 is 4.79 Å². The van der Waals surface area contributed by atoms with Gasteiger partial charge in [0.05, 0.1) is 15.9 Å². The summed E-state index contributed by atoms with van der Waals surface area (Å²) in [5, 5.41) is 4.43. The first-order valence-corrected chi connectivity index (χ1v) is 6.80. The maximum absolute atomic E-state index is 11.9. The van der Waals surface area contributed by atoms with Gasteiger partial charge >= 0.3 is 0 Å². The first-order valence-electron chi connectivity index (χ1n) is 6.01. The topological polar surface area (TPSA) is 34.9 Å². The Bertz CT molecular complexity index is 416. The lowest BCUT2D eigenvalue weighted by molar-refractivity contribution is -0.126. The molecule has 0 saturated heterocycles. The Labute approximate surface area is 112 Å². The minimum atomic E-state index is -0.251. The number of hydrogen-bond acceptors (Lipinski definition) is 2. The van der Waals surface area contributed by atoms with E-state index in [1.54, 1.807) is 0 Å². The molecule has 0 aliphatic carbocycles. The van der Waals surface area contributed by atoms with Crippen molar-refractivity contribution in [2.75, 3.05) is 0 Å². The molecule has 0 aromatic carbocycles. The van der Waals surface area contributed by atoms with Crippen LogP contribution in [-0.4, -0.2) is 15.6 Å². The van der Waals surface area contributed by atoms with Crippen molar-refractivity contribution >= 4 is 21.7 Å². The average molecular weight is 301 g/mol. The van der Waals surface area contributed by atoms with Gasteiger partial charge in [-0.15, -0.1) is 0 Å². The van der Waals surface area contributed by atoms with E-state index in [2.05, 4.69) is 28.0 Å². The van der Waals surface area contributed by atoms with E-state index < -0.39 is 0 Å². The van der Waals surface area contributed by atoms with Gasteiger partial charge in [0.2, 0.25) is 0 Å². The Morgan fingerprint density at radius 1 is 1.41 bits per heavy atom. The van der Waals surface area contributed by atoms with Crippen molar-refractivity contribution in [3.63, 3.8) is 0 Å². The molecule has 1 rings (SSSR count). The number of ketones is 1. The van der Waals surface area contributed by atoms with E-state index in [1.807, 2.05) is 32.5 Å². The van der Waals surface area contributed by atoms with Gasteiger partial charge in [-0.05, 0) is 28.8 Å². The lowest BCUT2D eigenvalue weighted by atomic mass is 9.88. The number of Topliss-reactive ketones (excluding diaryl/α,β-unsaturated/α-hetero) is 1. The summed E-state index contributed by atoms with van der Waals surface area (Å²) in [6.45, 7) is 7.97. The molecule has 4 heteroatoms. The lowest BCUT2D eigenvalue weighted by Crippen LogP contribution is -2.20. The minimum Gasteiger partial charge on any atom is -0.299 e. The maximum atomic E-state index is 11.9. The van der Waals surface area contributed by atoms with E-state index in [1.165, 1.54) is 0 Å².